The van der Waals surface area contributed by atoms with Crippen LogP contribution in [0.25, 0.3) is 11.0 Å². The van der Waals surface area contributed by atoms with E-state index in [-0.39, 0.29) is 42.3 Å². The predicted molar refractivity (Wildman–Crippen MR) is 131 cm³/mol. The van der Waals surface area contributed by atoms with Gasteiger partial charge in [-0.25, -0.2) is 13.2 Å². The van der Waals surface area contributed by atoms with Gasteiger partial charge in [-0.3, -0.25) is 4.79 Å². The normalized spacial score (nSPS) is 33.9. The maximum absolute atomic E-state index is 13.5. The number of nitrogens with zero attached hydrogens (tertiary/aromatic N) is 3. The van der Waals surface area contributed by atoms with Crippen LogP contribution in [0.3, 0.4) is 0 Å². The molecule has 5 nitrogen and oxygen atoms in total. The van der Waals surface area contributed by atoms with E-state index in [0.29, 0.717) is 41.1 Å². The smallest absolute Gasteiger partial charge is 0.266 e. The standard InChI is InChI=1S/C28H38F3N3O2/c1-3-28(36,26(30)31)14-11-17-5-4-6-20-19(17)12-13-27(2)21(20)8-9-22(27)25(35)16-34-32-23-10-7-18(29)15-24(23)33-34/h7,10,15,17,19-22,26,36H,3-6,8-9,11-14,16H2,1-2H3/t17-,19-,20-,21+,22-,27+,28+/m1/s1. The van der Waals surface area contributed by atoms with E-state index in [1.165, 1.54) is 16.9 Å². The van der Waals surface area contributed by atoms with Crippen molar-refractivity contribution >= 4 is 16.8 Å². The van der Waals surface area contributed by atoms with Gasteiger partial charge >= 0.3 is 0 Å². The lowest BCUT2D eigenvalue weighted by atomic mass is 9.52. The second kappa shape index (κ2) is 9.73. The number of benzene rings is 1. The minimum Gasteiger partial charge on any atom is -0.384 e. The Hall–Kier alpha value is -1.96. The summed E-state index contributed by atoms with van der Waals surface area (Å²) in [5.74, 6) is 1.60. The summed E-state index contributed by atoms with van der Waals surface area (Å²) in [6.07, 6.45) is 5.35. The first-order valence-corrected chi connectivity index (χ1v) is 13.7. The number of carbonyl (C=O) groups excluding carboxylic acids is 1. The van der Waals surface area contributed by atoms with Gasteiger partial charge in [0.25, 0.3) is 6.43 Å². The molecular formula is C28H38F3N3O2. The number of alkyl halides is 2. The van der Waals surface area contributed by atoms with E-state index in [9.17, 15) is 23.1 Å². The van der Waals surface area contributed by atoms with Crippen LogP contribution in [0.2, 0.25) is 0 Å². The first-order valence-electron chi connectivity index (χ1n) is 13.7. The third-order valence-corrected chi connectivity index (χ3v) is 10.2. The number of Topliss-reactive ketones (excluding diaryl/α,β-unsaturated/α-hetero) is 1. The zero-order valence-electron chi connectivity index (χ0n) is 21.3. The van der Waals surface area contributed by atoms with E-state index in [1.807, 2.05) is 0 Å². The van der Waals surface area contributed by atoms with Crippen molar-refractivity contribution < 1.29 is 23.1 Å². The monoisotopic (exact) mass is 505 g/mol. The fraction of sp³-hybridized carbons (Fsp3) is 0.750. The molecule has 0 amide bonds. The van der Waals surface area contributed by atoms with E-state index >= 15 is 0 Å². The number of hydrogen-bond acceptors (Lipinski definition) is 4. The molecule has 198 valence electrons. The zero-order chi connectivity index (χ0) is 25.7. The third-order valence-electron chi connectivity index (χ3n) is 10.2. The van der Waals surface area contributed by atoms with Gasteiger partial charge in [0, 0.05) is 12.0 Å². The number of rotatable bonds is 8. The molecular weight excluding hydrogens is 467 g/mol. The van der Waals surface area contributed by atoms with Crippen LogP contribution < -0.4 is 0 Å². The molecule has 1 aromatic heterocycles. The molecule has 2 aromatic rings. The molecule has 3 saturated carbocycles. The van der Waals surface area contributed by atoms with Crippen LogP contribution in [0.15, 0.2) is 18.2 Å². The fourth-order valence-corrected chi connectivity index (χ4v) is 8.16. The first-order chi connectivity index (χ1) is 17.1. The van der Waals surface area contributed by atoms with Crippen molar-refractivity contribution in [1.29, 1.82) is 0 Å². The van der Waals surface area contributed by atoms with Crippen molar-refractivity contribution in [2.75, 3.05) is 0 Å². The van der Waals surface area contributed by atoms with Gasteiger partial charge in [-0.05, 0) is 92.6 Å². The van der Waals surface area contributed by atoms with Crippen LogP contribution >= 0.6 is 0 Å². The second-order valence-electron chi connectivity index (χ2n) is 11.9. The van der Waals surface area contributed by atoms with Gasteiger partial charge in [-0.2, -0.15) is 15.0 Å². The summed E-state index contributed by atoms with van der Waals surface area (Å²) >= 11 is 0. The summed E-state index contributed by atoms with van der Waals surface area (Å²) in [4.78, 5) is 14.9. The lowest BCUT2D eigenvalue weighted by Gasteiger charge is -2.53. The Morgan fingerprint density at radius 3 is 2.69 bits per heavy atom. The summed E-state index contributed by atoms with van der Waals surface area (Å²) in [5.41, 5.74) is -0.909. The molecule has 0 aliphatic heterocycles. The number of halogens is 3. The minimum absolute atomic E-state index is 0.0429. The van der Waals surface area contributed by atoms with Crippen molar-refractivity contribution in [2.45, 2.75) is 96.6 Å². The van der Waals surface area contributed by atoms with Crippen LogP contribution in [0.5, 0.6) is 0 Å². The van der Waals surface area contributed by atoms with Gasteiger partial charge in [0.05, 0.1) is 0 Å². The molecule has 1 aromatic carbocycles. The molecule has 36 heavy (non-hydrogen) atoms. The Balaban J connectivity index is 1.27. The Kier molecular flexibility index (Phi) is 6.94. The maximum Gasteiger partial charge on any atom is 0.266 e. The molecule has 1 N–H and O–H groups in total. The van der Waals surface area contributed by atoms with Gasteiger partial charge in [-0.15, -0.1) is 0 Å². The largest absolute Gasteiger partial charge is 0.384 e. The Bertz CT molecular complexity index is 1110. The molecule has 3 aliphatic rings. The van der Waals surface area contributed by atoms with E-state index in [1.54, 1.807) is 13.0 Å². The molecule has 0 bridgehead atoms. The van der Waals surface area contributed by atoms with E-state index in [4.69, 9.17) is 0 Å². The van der Waals surface area contributed by atoms with Gasteiger partial charge in [-0.1, -0.05) is 26.7 Å². The molecule has 0 saturated heterocycles. The van der Waals surface area contributed by atoms with E-state index < -0.39 is 12.0 Å². The number of hydrogen-bond donors (Lipinski definition) is 1. The summed E-state index contributed by atoms with van der Waals surface area (Å²) in [6, 6.07) is 4.26. The minimum atomic E-state index is -2.71. The number of ketones is 1. The molecule has 0 spiro atoms. The van der Waals surface area contributed by atoms with Crippen molar-refractivity contribution in [3.63, 3.8) is 0 Å². The lowest BCUT2D eigenvalue weighted by Crippen LogP contribution is -2.47. The van der Waals surface area contributed by atoms with Crippen molar-refractivity contribution in [3.05, 3.63) is 24.0 Å². The second-order valence-corrected chi connectivity index (χ2v) is 11.9. The highest BCUT2D eigenvalue weighted by Crippen LogP contribution is 2.63. The number of carbonyl (C=O) groups is 1. The lowest BCUT2D eigenvalue weighted by molar-refractivity contribution is -0.131. The quantitative estimate of drug-likeness (QED) is 0.465. The summed E-state index contributed by atoms with van der Waals surface area (Å²) in [6.45, 7) is 4.02. The Labute approximate surface area is 210 Å². The number of fused-ring (bicyclic) bond motifs is 4. The number of aliphatic hydroxyl groups is 1. The van der Waals surface area contributed by atoms with Crippen molar-refractivity contribution in [3.8, 4) is 0 Å². The predicted octanol–water partition coefficient (Wildman–Crippen LogP) is 6.18. The van der Waals surface area contributed by atoms with Crippen molar-refractivity contribution in [2.24, 2.45) is 35.0 Å². The number of aromatic nitrogens is 3. The summed E-state index contributed by atoms with van der Waals surface area (Å²) < 4.78 is 40.4. The molecule has 3 aliphatic carbocycles. The van der Waals surface area contributed by atoms with Crippen LogP contribution in [0.4, 0.5) is 13.2 Å². The first kappa shape index (κ1) is 25.7. The van der Waals surface area contributed by atoms with E-state index in [2.05, 4.69) is 17.1 Å². The topological polar surface area (TPSA) is 68.0 Å². The van der Waals surface area contributed by atoms with Crippen LogP contribution in [0, 0.1) is 40.8 Å². The third kappa shape index (κ3) is 4.48. The Morgan fingerprint density at radius 1 is 1.17 bits per heavy atom. The molecule has 1 heterocycles. The maximum atomic E-state index is 13.5. The van der Waals surface area contributed by atoms with Crippen LogP contribution in [-0.2, 0) is 11.3 Å². The average molecular weight is 506 g/mol. The molecule has 8 heteroatoms. The summed E-state index contributed by atoms with van der Waals surface area (Å²) in [5, 5.41) is 19.1. The SMILES string of the molecule is CC[C@](O)(CC[C@H]1CCC[C@@H]2[C@@H]1CC[C@]1(C)[C@@H](C(=O)Cn3nc4ccc(F)cc4n3)CC[C@@H]21)C(F)F. The van der Waals surface area contributed by atoms with Gasteiger partial charge in [0.2, 0.25) is 0 Å². The zero-order valence-corrected chi connectivity index (χ0v) is 21.3. The molecule has 5 rings (SSSR count). The average Bonchev–Trinajstić information content (AvgIpc) is 3.41. The molecule has 7 atom stereocenters. The molecule has 0 unspecified atom stereocenters. The van der Waals surface area contributed by atoms with E-state index in [0.717, 1.165) is 44.9 Å². The van der Waals surface area contributed by atoms with Crippen LogP contribution in [0.1, 0.15) is 78.1 Å². The molecule has 3 fully saturated rings. The van der Waals surface area contributed by atoms with Gasteiger partial charge < -0.3 is 5.11 Å². The fourth-order valence-electron chi connectivity index (χ4n) is 8.16. The molecule has 0 radical (unpaired) electrons. The summed E-state index contributed by atoms with van der Waals surface area (Å²) in [7, 11) is 0. The van der Waals surface area contributed by atoms with Gasteiger partial charge in [0.15, 0.2) is 5.78 Å². The van der Waals surface area contributed by atoms with Gasteiger partial charge in [0.1, 0.15) is 29.0 Å². The van der Waals surface area contributed by atoms with Crippen LogP contribution in [-0.4, -0.2) is 37.9 Å². The highest BCUT2D eigenvalue weighted by molar-refractivity contribution is 5.82. The van der Waals surface area contributed by atoms with Crippen molar-refractivity contribution in [1.82, 2.24) is 15.0 Å². The Morgan fingerprint density at radius 2 is 1.94 bits per heavy atom. The highest BCUT2D eigenvalue weighted by atomic mass is 19.3. The highest BCUT2D eigenvalue weighted by Gasteiger charge is 2.57.